The highest BCUT2D eigenvalue weighted by Crippen LogP contribution is 2.37. The first kappa shape index (κ1) is 13.3. The number of ether oxygens (including phenoxy) is 1. The molecule has 2 unspecified atom stereocenters. The molecular weight excluding hydrogens is 212 g/mol. The lowest BCUT2D eigenvalue weighted by Gasteiger charge is -2.45. The Morgan fingerprint density at radius 3 is 2.53 bits per heavy atom. The van der Waals surface area contributed by atoms with Crippen LogP contribution in [-0.2, 0) is 4.74 Å². The zero-order valence-electron chi connectivity index (χ0n) is 11.8. The van der Waals surface area contributed by atoms with E-state index in [-0.39, 0.29) is 0 Å². The number of rotatable bonds is 4. The van der Waals surface area contributed by atoms with Crippen molar-refractivity contribution in [2.45, 2.75) is 45.7 Å². The lowest BCUT2D eigenvalue weighted by Crippen LogP contribution is -2.61. The fourth-order valence-electron chi connectivity index (χ4n) is 2.82. The molecule has 2 atom stereocenters. The first-order valence-electron chi connectivity index (χ1n) is 6.98. The fourth-order valence-corrected chi connectivity index (χ4v) is 2.82. The summed E-state index contributed by atoms with van der Waals surface area (Å²) in [5, 5.41) is 3.75. The molecule has 2 aliphatic rings. The monoisotopic (exact) mass is 240 g/mol. The molecule has 1 saturated carbocycles. The third-order valence-electron chi connectivity index (χ3n) is 4.25. The van der Waals surface area contributed by atoms with Gasteiger partial charge in [-0.05, 0) is 24.2 Å². The van der Waals surface area contributed by atoms with Crippen molar-refractivity contribution in [3.05, 3.63) is 0 Å². The summed E-state index contributed by atoms with van der Waals surface area (Å²) in [4.78, 5) is 2.66. The Labute approximate surface area is 106 Å². The van der Waals surface area contributed by atoms with Gasteiger partial charge in [0.25, 0.3) is 0 Å². The topological polar surface area (TPSA) is 24.5 Å². The van der Waals surface area contributed by atoms with Gasteiger partial charge in [0, 0.05) is 38.8 Å². The van der Waals surface area contributed by atoms with Crippen LogP contribution < -0.4 is 5.32 Å². The van der Waals surface area contributed by atoms with Gasteiger partial charge in [-0.3, -0.25) is 4.90 Å². The molecule has 2 rings (SSSR count). The quantitative estimate of drug-likeness (QED) is 0.810. The van der Waals surface area contributed by atoms with E-state index >= 15 is 0 Å². The van der Waals surface area contributed by atoms with E-state index < -0.39 is 0 Å². The van der Waals surface area contributed by atoms with E-state index in [4.69, 9.17) is 4.74 Å². The number of methoxy groups -OCH3 is 1. The van der Waals surface area contributed by atoms with Gasteiger partial charge < -0.3 is 10.1 Å². The van der Waals surface area contributed by atoms with Gasteiger partial charge in [-0.2, -0.15) is 0 Å². The third kappa shape index (κ3) is 3.43. The van der Waals surface area contributed by atoms with Crippen LogP contribution in [0.3, 0.4) is 0 Å². The summed E-state index contributed by atoms with van der Waals surface area (Å²) in [5.41, 5.74) is 0.347. The van der Waals surface area contributed by atoms with Gasteiger partial charge in [-0.25, -0.2) is 0 Å². The maximum absolute atomic E-state index is 5.25. The van der Waals surface area contributed by atoms with Crippen molar-refractivity contribution in [1.82, 2.24) is 10.2 Å². The van der Waals surface area contributed by atoms with Crippen LogP contribution in [0.5, 0.6) is 0 Å². The van der Waals surface area contributed by atoms with E-state index in [2.05, 4.69) is 31.0 Å². The maximum atomic E-state index is 5.25. The van der Waals surface area contributed by atoms with Crippen molar-refractivity contribution >= 4 is 0 Å². The number of nitrogens with one attached hydrogen (secondary N) is 1. The lowest BCUT2D eigenvalue weighted by molar-refractivity contribution is 0.0512. The highest BCUT2D eigenvalue weighted by Gasteiger charge is 2.40. The van der Waals surface area contributed by atoms with Gasteiger partial charge in [0.2, 0.25) is 0 Å². The Balaban J connectivity index is 1.94. The molecule has 0 bridgehead atoms. The molecule has 0 aromatic carbocycles. The summed E-state index contributed by atoms with van der Waals surface area (Å²) in [7, 11) is 1.80. The van der Waals surface area contributed by atoms with Crippen molar-refractivity contribution in [1.29, 1.82) is 0 Å². The van der Waals surface area contributed by atoms with Crippen LogP contribution in [0.25, 0.3) is 0 Å². The zero-order valence-corrected chi connectivity index (χ0v) is 11.8. The summed E-state index contributed by atoms with van der Waals surface area (Å²) in [5.74, 6) is 0.945. The minimum atomic E-state index is 0.347. The molecule has 3 heteroatoms. The van der Waals surface area contributed by atoms with Gasteiger partial charge >= 0.3 is 0 Å². The van der Waals surface area contributed by atoms with E-state index in [1.54, 1.807) is 7.11 Å². The summed E-state index contributed by atoms with van der Waals surface area (Å²) in [6.45, 7) is 11.3. The Morgan fingerprint density at radius 2 is 2.00 bits per heavy atom. The second-order valence-electron chi connectivity index (χ2n) is 6.72. The van der Waals surface area contributed by atoms with Gasteiger partial charge in [0.15, 0.2) is 0 Å². The molecule has 1 N–H and O–H groups in total. The Kier molecular flexibility index (Phi) is 4.11. The zero-order chi connectivity index (χ0) is 12.5. The normalized spacial score (nSPS) is 31.8. The molecular formula is C14H28N2O. The highest BCUT2D eigenvalue weighted by molar-refractivity contribution is 4.97. The third-order valence-corrected chi connectivity index (χ3v) is 4.25. The average molecular weight is 240 g/mol. The molecule has 2 fully saturated rings. The summed E-state index contributed by atoms with van der Waals surface area (Å²) in [6.07, 6.45) is 2.85. The minimum Gasteiger partial charge on any atom is -0.383 e. The number of nitrogens with zero attached hydrogens (tertiary/aromatic N) is 1. The molecule has 17 heavy (non-hydrogen) atoms. The molecule has 0 amide bonds. The van der Waals surface area contributed by atoms with E-state index in [0.29, 0.717) is 11.5 Å². The van der Waals surface area contributed by atoms with Crippen LogP contribution in [0.1, 0.15) is 33.6 Å². The van der Waals surface area contributed by atoms with Crippen LogP contribution in [0.4, 0.5) is 0 Å². The fraction of sp³-hybridized carbons (Fsp3) is 1.00. The Bertz CT molecular complexity index is 245. The molecule has 100 valence electrons. The largest absolute Gasteiger partial charge is 0.383 e. The Hall–Kier alpha value is -0.120. The molecule has 1 aliphatic carbocycles. The average Bonchev–Trinajstić information content (AvgIpc) is 3.08. The molecule has 1 saturated heterocycles. The summed E-state index contributed by atoms with van der Waals surface area (Å²) in [6, 6.07) is 1.36. The summed E-state index contributed by atoms with van der Waals surface area (Å²) < 4.78 is 5.25. The SMILES string of the molecule is COCCN1CC(C(C)(C)C)NCC1C1CC1. The van der Waals surface area contributed by atoms with Gasteiger partial charge in [-0.15, -0.1) is 0 Å². The van der Waals surface area contributed by atoms with Crippen LogP contribution in [0.2, 0.25) is 0 Å². The van der Waals surface area contributed by atoms with Crippen molar-refractivity contribution in [3.63, 3.8) is 0 Å². The minimum absolute atomic E-state index is 0.347. The van der Waals surface area contributed by atoms with E-state index in [0.717, 1.165) is 31.7 Å². The summed E-state index contributed by atoms with van der Waals surface area (Å²) >= 11 is 0. The van der Waals surface area contributed by atoms with Gasteiger partial charge in [0.05, 0.1) is 6.61 Å². The molecule has 1 heterocycles. The van der Waals surface area contributed by atoms with E-state index in [9.17, 15) is 0 Å². The van der Waals surface area contributed by atoms with Gasteiger partial charge in [0.1, 0.15) is 0 Å². The number of hydrogen-bond acceptors (Lipinski definition) is 3. The Morgan fingerprint density at radius 1 is 1.29 bits per heavy atom. The second kappa shape index (κ2) is 5.25. The standard InChI is InChI=1S/C14H28N2O/c1-14(2,3)13-10-16(7-8-17-4)12(9-15-13)11-5-6-11/h11-13,15H,5-10H2,1-4H3. The molecule has 0 aromatic rings. The first-order chi connectivity index (χ1) is 8.02. The number of hydrogen-bond donors (Lipinski definition) is 1. The predicted molar refractivity (Wildman–Crippen MR) is 71.2 cm³/mol. The van der Waals surface area contributed by atoms with Crippen LogP contribution >= 0.6 is 0 Å². The van der Waals surface area contributed by atoms with E-state index in [1.807, 2.05) is 0 Å². The van der Waals surface area contributed by atoms with Crippen molar-refractivity contribution in [2.24, 2.45) is 11.3 Å². The maximum Gasteiger partial charge on any atom is 0.0589 e. The van der Waals surface area contributed by atoms with Crippen molar-refractivity contribution in [3.8, 4) is 0 Å². The molecule has 3 nitrogen and oxygen atoms in total. The van der Waals surface area contributed by atoms with Crippen LogP contribution in [0, 0.1) is 11.3 Å². The molecule has 0 radical (unpaired) electrons. The van der Waals surface area contributed by atoms with Crippen LogP contribution in [-0.4, -0.2) is 50.3 Å². The van der Waals surface area contributed by atoms with Crippen LogP contribution in [0.15, 0.2) is 0 Å². The highest BCUT2D eigenvalue weighted by atomic mass is 16.5. The van der Waals surface area contributed by atoms with Crippen molar-refractivity contribution < 1.29 is 4.74 Å². The number of piperazine rings is 1. The van der Waals surface area contributed by atoms with E-state index in [1.165, 1.54) is 19.4 Å². The predicted octanol–water partition coefficient (Wildman–Crippen LogP) is 1.73. The molecule has 1 aliphatic heterocycles. The van der Waals surface area contributed by atoms with Crippen molar-refractivity contribution in [2.75, 3.05) is 33.4 Å². The lowest BCUT2D eigenvalue weighted by atomic mass is 9.84. The first-order valence-corrected chi connectivity index (χ1v) is 6.98. The van der Waals surface area contributed by atoms with Gasteiger partial charge in [-0.1, -0.05) is 20.8 Å². The molecule has 0 aromatic heterocycles. The molecule has 0 spiro atoms. The smallest absolute Gasteiger partial charge is 0.0589 e. The second-order valence-corrected chi connectivity index (χ2v) is 6.72.